The average molecular weight is 587 g/mol. The molecule has 10 heteroatoms. The van der Waals surface area contributed by atoms with E-state index in [0.717, 1.165) is 66.9 Å². The fourth-order valence-electron chi connectivity index (χ4n) is 4.80. The molecular weight excluding hydrogens is 552 g/mol. The third-order valence-electron chi connectivity index (χ3n) is 6.84. The normalized spacial score (nSPS) is 13.6. The summed E-state index contributed by atoms with van der Waals surface area (Å²) in [6.45, 7) is 11.5. The summed E-state index contributed by atoms with van der Waals surface area (Å²) in [4.78, 5) is 24.4. The number of hydrogen-bond donors (Lipinski definition) is 0. The van der Waals surface area contributed by atoms with Crippen LogP contribution >= 0.6 is 48.0 Å². The summed E-state index contributed by atoms with van der Waals surface area (Å²) in [6, 6.07) is 13.7. The molecule has 0 atom stereocenters. The Morgan fingerprint density at radius 1 is 0.919 bits per heavy atom. The molecule has 1 fully saturated rings. The van der Waals surface area contributed by atoms with Crippen LogP contribution in [0.2, 0.25) is 10.0 Å². The van der Waals surface area contributed by atoms with Crippen molar-refractivity contribution in [3.8, 4) is 5.69 Å². The Morgan fingerprint density at radius 2 is 1.54 bits per heavy atom. The van der Waals surface area contributed by atoms with Crippen LogP contribution in [-0.4, -0.2) is 71.6 Å². The molecule has 4 rings (SSSR count). The van der Waals surface area contributed by atoms with Crippen LogP contribution < -0.4 is 4.90 Å². The number of para-hydroxylation sites is 1. The minimum Gasteiger partial charge on any atom is -0.369 e. The lowest BCUT2D eigenvalue weighted by atomic mass is 10.1. The van der Waals surface area contributed by atoms with E-state index in [0.29, 0.717) is 17.3 Å². The second kappa shape index (κ2) is 13.7. The van der Waals surface area contributed by atoms with Crippen LogP contribution in [0.3, 0.4) is 0 Å². The first kappa shape index (κ1) is 31.3. The molecule has 1 aliphatic rings. The summed E-state index contributed by atoms with van der Waals surface area (Å²) in [5.74, 6) is 0.692. The molecule has 0 unspecified atom stereocenters. The molecule has 1 aliphatic heterocycles. The van der Waals surface area contributed by atoms with E-state index in [1.54, 1.807) is 4.90 Å². The first-order valence-corrected chi connectivity index (χ1v) is 12.8. The average Bonchev–Trinajstić information content (AvgIpc) is 3.14. The van der Waals surface area contributed by atoms with Crippen molar-refractivity contribution in [2.24, 2.45) is 0 Å². The number of hydrogen-bond acceptors (Lipinski definition) is 4. The predicted molar refractivity (Wildman–Crippen MR) is 159 cm³/mol. The van der Waals surface area contributed by atoms with Crippen LogP contribution in [0.25, 0.3) is 5.69 Å². The van der Waals surface area contributed by atoms with E-state index < -0.39 is 0 Å². The lowest BCUT2D eigenvalue weighted by molar-refractivity contribution is 0.0782. The number of rotatable bonds is 7. The molecule has 0 N–H and O–H groups in total. The van der Waals surface area contributed by atoms with Crippen molar-refractivity contribution in [2.75, 3.05) is 51.2 Å². The van der Waals surface area contributed by atoms with Gasteiger partial charge in [0.1, 0.15) is 11.5 Å². The Hall–Kier alpha value is -1.96. The third-order valence-corrected chi connectivity index (χ3v) is 7.57. The minimum atomic E-state index is -0.0577. The zero-order valence-corrected chi connectivity index (χ0v) is 24.9. The van der Waals surface area contributed by atoms with E-state index in [2.05, 4.69) is 27.8 Å². The van der Waals surface area contributed by atoms with Gasteiger partial charge in [-0.1, -0.05) is 41.4 Å². The maximum atomic E-state index is 13.2. The quantitative estimate of drug-likeness (QED) is 0.329. The molecular formula is C27H35Cl4N5O. The molecule has 3 aromatic rings. The summed E-state index contributed by atoms with van der Waals surface area (Å²) < 4.78 is 1.95. The largest absolute Gasteiger partial charge is 0.369 e. The van der Waals surface area contributed by atoms with Crippen LogP contribution in [-0.2, 0) is 0 Å². The molecule has 2 aromatic carbocycles. The molecule has 202 valence electrons. The summed E-state index contributed by atoms with van der Waals surface area (Å²) in [5.41, 5.74) is 4.50. The Balaban J connectivity index is 0.00000241. The Bertz CT molecular complexity index is 1210. The number of halogens is 4. The fourth-order valence-corrected chi connectivity index (χ4v) is 5.19. The molecule has 0 spiro atoms. The van der Waals surface area contributed by atoms with Gasteiger partial charge in [-0.3, -0.25) is 14.3 Å². The fraction of sp³-hybridized carbons (Fsp3) is 0.407. The molecule has 6 nitrogen and oxygen atoms in total. The zero-order valence-electron chi connectivity index (χ0n) is 21.7. The van der Waals surface area contributed by atoms with Crippen LogP contribution in [0.1, 0.15) is 34.0 Å². The molecule has 0 bridgehead atoms. The van der Waals surface area contributed by atoms with Gasteiger partial charge in [-0.2, -0.15) is 0 Å². The molecule has 1 aromatic heterocycles. The number of carbonyl (C=O) groups excluding carboxylic acids is 1. The summed E-state index contributed by atoms with van der Waals surface area (Å²) in [6.07, 6.45) is 0.918. The lowest BCUT2D eigenvalue weighted by Gasteiger charge is -2.37. The van der Waals surface area contributed by atoms with Crippen LogP contribution in [0.15, 0.2) is 42.5 Å². The number of aryl methyl sites for hydroxylation is 1. The van der Waals surface area contributed by atoms with Crippen molar-refractivity contribution in [3.63, 3.8) is 0 Å². The summed E-state index contributed by atoms with van der Waals surface area (Å²) in [7, 11) is 1.85. The van der Waals surface area contributed by atoms with Gasteiger partial charge in [0.15, 0.2) is 0 Å². The number of anilines is 1. The van der Waals surface area contributed by atoms with Crippen LogP contribution in [0, 0.1) is 20.8 Å². The van der Waals surface area contributed by atoms with Gasteiger partial charge in [0, 0.05) is 50.5 Å². The first-order chi connectivity index (χ1) is 16.8. The van der Waals surface area contributed by atoms with Gasteiger partial charge in [0.05, 0.1) is 16.4 Å². The maximum absolute atomic E-state index is 13.2. The SMILES string of the molecule is Cc1c(Cl)cccc1N1CCN(CCCN(C)C(=O)c2nc(C)n(-c3ccccc3Cl)c2C)CC1.Cl.Cl. The van der Waals surface area contributed by atoms with Crippen molar-refractivity contribution in [3.05, 3.63) is 75.3 Å². The van der Waals surface area contributed by atoms with Crippen molar-refractivity contribution in [1.82, 2.24) is 19.4 Å². The number of benzene rings is 2. The highest BCUT2D eigenvalue weighted by Crippen LogP contribution is 2.27. The van der Waals surface area contributed by atoms with E-state index in [1.807, 2.05) is 61.9 Å². The third kappa shape index (κ3) is 6.92. The van der Waals surface area contributed by atoms with Gasteiger partial charge in [-0.15, -0.1) is 24.8 Å². The first-order valence-electron chi connectivity index (χ1n) is 12.1. The monoisotopic (exact) mass is 585 g/mol. The maximum Gasteiger partial charge on any atom is 0.274 e. The van der Waals surface area contributed by atoms with Gasteiger partial charge in [0.25, 0.3) is 5.91 Å². The van der Waals surface area contributed by atoms with Gasteiger partial charge in [-0.05, 0) is 63.6 Å². The Labute approximate surface area is 242 Å². The molecule has 0 radical (unpaired) electrons. The van der Waals surface area contributed by atoms with Gasteiger partial charge < -0.3 is 9.80 Å². The van der Waals surface area contributed by atoms with Crippen molar-refractivity contribution in [1.29, 1.82) is 0 Å². The number of carbonyl (C=O) groups is 1. The van der Waals surface area contributed by atoms with Crippen molar-refractivity contribution >= 4 is 59.6 Å². The molecule has 0 aliphatic carbocycles. The van der Waals surface area contributed by atoms with E-state index in [-0.39, 0.29) is 30.7 Å². The number of imidazole rings is 1. The van der Waals surface area contributed by atoms with Crippen LogP contribution in [0.4, 0.5) is 5.69 Å². The summed E-state index contributed by atoms with van der Waals surface area (Å²) in [5, 5.41) is 1.45. The summed E-state index contributed by atoms with van der Waals surface area (Å²) >= 11 is 12.7. The molecule has 2 heterocycles. The standard InChI is InChI=1S/C27H33Cl2N5O.2ClH/c1-19-22(28)10-7-12-24(19)33-17-15-32(16-18-33)14-8-13-31(4)27(35)26-20(2)34(21(3)30-26)25-11-6-5-9-23(25)29;;/h5-7,9-12H,8,13-18H2,1-4H3;2*1H. The second-order valence-corrected chi connectivity index (χ2v) is 9.99. The smallest absolute Gasteiger partial charge is 0.274 e. The second-order valence-electron chi connectivity index (χ2n) is 9.17. The van der Waals surface area contributed by atoms with Crippen LogP contribution in [0.5, 0.6) is 0 Å². The number of amides is 1. The van der Waals surface area contributed by atoms with Gasteiger partial charge >= 0.3 is 0 Å². The highest BCUT2D eigenvalue weighted by molar-refractivity contribution is 6.32. The molecule has 1 amide bonds. The predicted octanol–water partition coefficient (Wildman–Crippen LogP) is 6.23. The molecule has 37 heavy (non-hydrogen) atoms. The number of aromatic nitrogens is 2. The Kier molecular flexibility index (Phi) is 11.6. The topological polar surface area (TPSA) is 44.6 Å². The zero-order chi connectivity index (χ0) is 25.1. The highest BCUT2D eigenvalue weighted by Gasteiger charge is 2.23. The lowest BCUT2D eigenvalue weighted by Crippen LogP contribution is -2.47. The number of piperazine rings is 1. The van der Waals surface area contributed by atoms with E-state index >= 15 is 0 Å². The van der Waals surface area contributed by atoms with E-state index in [4.69, 9.17) is 23.2 Å². The van der Waals surface area contributed by atoms with Crippen molar-refractivity contribution < 1.29 is 4.79 Å². The molecule has 0 saturated carbocycles. The number of nitrogens with zero attached hydrogens (tertiary/aromatic N) is 5. The highest BCUT2D eigenvalue weighted by atomic mass is 35.5. The Morgan fingerprint density at radius 3 is 2.22 bits per heavy atom. The van der Waals surface area contributed by atoms with Gasteiger partial charge in [0.2, 0.25) is 0 Å². The molecule has 1 saturated heterocycles. The van der Waals surface area contributed by atoms with E-state index in [9.17, 15) is 4.79 Å². The van der Waals surface area contributed by atoms with Gasteiger partial charge in [-0.25, -0.2) is 4.98 Å². The van der Waals surface area contributed by atoms with E-state index in [1.165, 1.54) is 5.69 Å². The minimum absolute atomic E-state index is 0. The van der Waals surface area contributed by atoms with Crippen molar-refractivity contribution in [2.45, 2.75) is 27.2 Å².